The zero-order chi connectivity index (χ0) is 13.5. The van der Waals surface area contributed by atoms with E-state index < -0.39 is 0 Å². The molecule has 0 atom stereocenters. The maximum Gasteiger partial charge on any atom is 0.242 e. The minimum atomic E-state index is 0.344. The molecule has 19 heavy (non-hydrogen) atoms. The third-order valence-corrected chi connectivity index (χ3v) is 3.61. The average Bonchev–Trinajstić information content (AvgIpc) is 2.92. The molecule has 1 aliphatic carbocycles. The zero-order valence-electron chi connectivity index (χ0n) is 12.0. The van der Waals surface area contributed by atoms with Crippen molar-refractivity contribution < 1.29 is 9.15 Å². The van der Waals surface area contributed by atoms with Gasteiger partial charge in [0.15, 0.2) is 0 Å². The molecule has 0 radical (unpaired) electrons. The van der Waals surface area contributed by atoms with Gasteiger partial charge in [0.05, 0.1) is 6.10 Å². The van der Waals surface area contributed by atoms with Crippen LogP contribution in [0, 0.1) is 0 Å². The molecule has 0 saturated heterocycles. The summed E-state index contributed by atoms with van der Waals surface area (Å²) >= 11 is 0. The predicted molar refractivity (Wildman–Crippen MR) is 72.8 cm³/mol. The van der Waals surface area contributed by atoms with E-state index in [1.807, 2.05) is 6.92 Å². The summed E-state index contributed by atoms with van der Waals surface area (Å²) in [5.74, 6) is 1.29. The summed E-state index contributed by atoms with van der Waals surface area (Å²) in [6, 6.07) is 0.676. The van der Waals surface area contributed by atoms with Crippen LogP contribution >= 0.6 is 0 Å². The molecule has 1 aliphatic rings. The second-order valence-corrected chi connectivity index (χ2v) is 5.18. The van der Waals surface area contributed by atoms with Crippen LogP contribution in [0.2, 0.25) is 0 Å². The number of aryl methyl sites for hydroxylation is 1. The highest BCUT2D eigenvalue weighted by Crippen LogP contribution is 2.22. The first kappa shape index (κ1) is 14.5. The van der Waals surface area contributed by atoms with E-state index in [2.05, 4.69) is 22.4 Å². The van der Waals surface area contributed by atoms with Crippen LogP contribution < -0.4 is 5.32 Å². The molecule has 1 saturated carbocycles. The Balaban J connectivity index is 1.65. The van der Waals surface area contributed by atoms with E-state index in [4.69, 9.17) is 9.15 Å². The Labute approximate surface area is 115 Å². The van der Waals surface area contributed by atoms with E-state index in [1.165, 1.54) is 19.3 Å². The van der Waals surface area contributed by atoms with Gasteiger partial charge >= 0.3 is 0 Å². The van der Waals surface area contributed by atoms with Crippen LogP contribution in [0.4, 0.5) is 0 Å². The maximum atomic E-state index is 5.86. The normalized spacial score (nSPS) is 23.7. The molecule has 108 valence electrons. The van der Waals surface area contributed by atoms with Crippen molar-refractivity contribution in [2.24, 2.45) is 0 Å². The van der Waals surface area contributed by atoms with Gasteiger partial charge in [0, 0.05) is 12.5 Å². The Morgan fingerprint density at radius 1 is 1.16 bits per heavy atom. The standard InChI is InChI=1S/C14H25N3O2/c1-3-9-15-11-5-7-12(8-6-11)18-10-14-17-16-13(4-2)19-14/h11-12,15H,3-10H2,1-2H3. The van der Waals surface area contributed by atoms with Crippen LogP contribution in [0.5, 0.6) is 0 Å². The molecule has 1 aromatic rings. The van der Waals surface area contributed by atoms with Crippen LogP contribution in [-0.2, 0) is 17.8 Å². The smallest absolute Gasteiger partial charge is 0.242 e. The molecule has 1 N–H and O–H groups in total. The second-order valence-electron chi connectivity index (χ2n) is 5.18. The summed E-state index contributed by atoms with van der Waals surface area (Å²) in [4.78, 5) is 0. The predicted octanol–water partition coefficient (Wildman–Crippen LogP) is 2.46. The van der Waals surface area contributed by atoms with Crippen molar-refractivity contribution in [2.75, 3.05) is 6.54 Å². The van der Waals surface area contributed by atoms with Gasteiger partial charge in [-0.2, -0.15) is 0 Å². The molecule has 0 spiro atoms. The van der Waals surface area contributed by atoms with Gasteiger partial charge < -0.3 is 14.5 Å². The molecule has 0 amide bonds. The molecule has 1 aromatic heterocycles. The van der Waals surface area contributed by atoms with E-state index >= 15 is 0 Å². The van der Waals surface area contributed by atoms with Crippen LogP contribution in [0.1, 0.15) is 57.7 Å². The lowest BCUT2D eigenvalue weighted by Crippen LogP contribution is -2.35. The first-order valence-corrected chi connectivity index (χ1v) is 7.48. The summed E-state index contributed by atoms with van der Waals surface area (Å²) in [6.45, 7) is 5.78. The number of rotatable bonds is 7. The summed E-state index contributed by atoms with van der Waals surface area (Å²) in [6.07, 6.45) is 6.97. The lowest BCUT2D eigenvalue weighted by molar-refractivity contribution is 0.00134. The fraction of sp³-hybridized carbons (Fsp3) is 0.857. The van der Waals surface area contributed by atoms with E-state index in [0.29, 0.717) is 30.5 Å². The van der Waals surface area contributed by atoms with Crippen LogP contribution in [0.15, 0.2) is 4.42 Å². The van der Waals surface area contributed by atoms with E-state index in [0.717, 1.165) is 25.8 Å². The van der Waals surface area contributed by atoms with E-state index in [-0.39, 0.29) is 0 Å². The van der Waals surface area contributed by atoms with E-state index in [9.17, 15) is 0 Å². The molecule has 5 heteroatoms. The van der Waals surface area contributed by atoms with Crippen molar-refractivity contribution in [3.8, 4) is 0 Å². The minimum Gasteiger partial charge on any atom is -0.423 e. The van der Waals surface area contributed by atoms with E-state index in [1.54, 1.807) is 0 Å². The number of aromatic nitrogens is 2. The van der Waals surface area contributed by atoms with Crippen molar-refractivity contribution in [1.29, 1.82) is 0 Å². The molecule has 5 nitrogen and oxygen atoms in total. The molecule has 0 bridgehead atoms. The van der Waals surface area contributed by atoms with Crippen molar-refractivity contribution in [3.63, 3.8) is 0 Å². The Hall–Kier alpha value is -0.940. The molecule has 0 aliphatic heterocycles. The molecular formula is C14H25N3O2. The lowest BCUT2D eigenvalue weighted by Gasteiger charge is -2.28. The molecule has 0 aromatic carbocycles. The van der Waals surface area contributed by atoms with Crippen molar-refractivity contribution in [1.82, 2.24) is 15.5 Å². The molecule has 1 fully saturated rings. The van der Waals surface area contributed by atoms with Crippen LogP contribution in [0.3, 0.4) is 0 Å². The SMILES string of the molecule is CCCNC1CCC(OCc2nnc(CC)o2)CC1. The first-order chi connectivity index (χ1) is 9.31. The highest BCUT2D eigenvalue weighted by Gasteiger charge is 2.21. The Kier molecular flexibility index (Phi) is 5.79. The van der Waals surface area contributed by atoms with Crippen molar-refractivity contribution in [2.45, 2.75) is 71.1 Å². The van der Waals surface area contributed by atoms with Gasteiger partial charge in [-0.25, -0.2) is 0 Å². The monoisotopic (exact) mass is 267 g/mol. The first-order valence-electron chi connectivity index (χ1n) is 7.48. The quantitative estimate of drug-likeness (QED) is 0.822. The lowest BCUT2D eigenvalue weighted by atomic mass is 9.93. The van der Waals surface area contributed by atoms with Gasteiger partial charge in [0.25, 0.3) is 0 Å². The van der Waals surface area contributed by atoms with Gasteiger partial charge in [-0.05, 0) is 38.6 Å². The van der Waals surface area contributed by atoms with Crippen molar-refractivity contribution >= 4 is 0 Å². The number of hydrogen-bond donors (Lipinski definition) is 1. The van der Waals surface area contributed by atoms with Gasteiger partial charge in [-0.1, -0.05) is 13.8 Å². The molecule has 0 unspecified atom stereocenters. The fourth-order valence-corrected chi connectivity index (χ4v) is 2.46. The zero-order valence-corrected chi connectivity index (χ0v) is 12.0. The highest BCUT2D eigenvalue weighted by molar-refractivity contribution is 4.81. The number of hydrogen-bond acceptors (Lipinski definition) is 5. The highest BCUT2D eigenvalue weighted by atomic mass is 16.5. The molecule has 2 rings (SSSR count). The average molecular weight is 267 g/mol. The second kappa shape index (κ2) is 7.60. The third kappa shape index (κ3) is 4.58. The van der Waals surface area contributed by atoms with Crippen LogP contribution in [-0.4, -0.2) is 28.9 Å². The molecular weight excluding hydrogens is 242 g/mol. The topological polar surface area (TPSA) is 60.2 Å². The van der Waals surface area contributed by atoms with Crippen LogP contribution in [0.25, 0.3) is 0 Å². The Morgan fingerprint density at radius 3 is 2.53 bits per heavy atom. The van der Waals surface area contributed by atoms with Gasteiger partial charge in [0.2, 0.25) is 11.8 Å². The Morgan fingerprint density at radius 2 is 1.89 bits per heavy atom. The number of nitrogens with one attached hydrogen (secondary N) is 1. The molecule has 1 heterocycles. The maximum absolute atomic E-state index is 5.86. The minimum absolute atomic E-state index is 0.344. The third-order valence-electron chi connectivity index (χ3n) is 3.61. The van der Waals surface area contributed by atoms with Gasteiger partial charge in [0.1, 0.15) is 6.61 Å². The number of ether oxygens (including phenoxy) is 1. The summed E-state index contributed by atoms with van der Waals surface area (Å²) in [5, 5.41) is 11.5. The summed E-state index contributed by atoms with van der Waals surface area (Å²) < 4.78 is 11.3. The van der Waals surface area contributed by atoms with Crippen molar-refractivity contribution in [3.05, 3.63) is 11.8 Å². The van der Waals surface area contributed by atoms with Gasteiger partial charge in [-0.3, -0.25) is 0 Å². The summed E-state index contributed by atoms with van der Waals surface area (Å²) in [7, 11) is 0. The Bertz CT molecular complexity index is 359. The largest absolute Gasteiger partial charge is 0.423 e. The fourth-order valence-electron chi connectivity index (χ4n) is 2.46. The summed E-state index contributed by atoms with van der Waals surface area (Å²) in [5.41, 5.74) is 0. The number of nitrogens with zero attached hydrogens (tertiary/aromatic N) is 2. The van der Waals surface area contributed by atoms with Gasteiger partial charge in [-0.15, -0.1) is 10.2 Å².